The van der Waals surface area contributed by atoms with Crippen molar-refractivity contribution in [3.8, 4) is 11.5 Å². The fourth-order valence-electron chi connectivity index (χ4n) is 3.83. The Morgan fingerprint density at radius 2 is 1.91 bits per heavy atom. The zero-order valence-electron chi connectivity index (χ0n) is 20.7. The molecule has 0 saturated heterocycles. The average Bonchev–Trinajstić information content (AvgIpc) is 3.34. The van der Waals surface area contributed by atoms with E-state index in [1.54, 1.807) is 7.11 Å². The van der Waals surface area contributed by atoms with Crippen LogP contribution in [0.2, 0.25) is 0 Å². The van der Waals surface area contributed by atoms with E-state index in [0.717, 1.165) is 74.4 Å². The zero-order valence-corrected chi connectivity index (χ0v) is 20.7. The van der Waals surface area contributed by atoms with Crippen molar-refractivity contribution in [2.45, 2.75) is 51.2 Å². The van der Waals surface area contributed by atoms with Gasteiger partial charge in [0, 0.05) is 19.3 Å². The van der Waals surface area contributed by atoms with Gasteiger partial charge in [-0.3, -0.25) is 4.68 Å². The molecular weight excluding hydrogens is 440 g/mol. The number of ether oxygens (including phenoxy) is 2. The Kier molecular flexibility index (Phi) is 11.3. The van der Waals surface area contributed by atoms with E-state index >= 15 is 0 Å². The van der Waals surface area contributed by atoms with Crippen molar-refractivity contribution in [3.63, 3.8) is 0 Å². The van der Waals surface area contributed by atoms with Crippen LogP contribution in [0.25, 0.3) is 0 Å². The number of aryl methyl sites for hydroxylation is 3. The van der Waals surface area contributed by atoms with Gasteiger partial charge in [0.15, 0.2) is 0 Å². The molecule has 3 aromatic rings. The molecule has 0 unspecified atom stereocenters. The monoisotopic (exact) mass is 478 g/mol. The minimum absolute atomic E-state index is 0.258. The molecule has 1 atom stereocenters. The number of aliphatic hydroxyl groups excluding tert-OH is 1. The van der Waals surface area contributed by atoms with E-state index < -0.39 is 6.10 Å². The first kappa shape index (κ1) is 26.4. The van der Waals surface area contributed by atoms with E-state index in [4.69, 9.17) is 9.47 Å². The molecular formula is C28H38N4O3. The van der Waals surface area contributed by atoms with Gasteiger partial charge < -0.3 is 19.9 Å². The van der Waals surface area contributed by atoms with E-state index in [1.165, 1.54) is 5.56 Å². The van der Waals surface area contributed by atoms with Crippen LogP contribution in [0, 0.1) is 0 Å². The highest BCUT2D eigenvalue weighted by Crippen LogP contribution is 2.19. The molecule has 3 rings (SSSR count). The predicted molar refractivity (Wildman–Crippen MR) is 139 cm³/mol. The lowest BCUT2D eigenvalue weighted by Crippen LogP contribution is -2.32. The summed E-state index contributed by atoms with van der Waals surface area (Å²) in [7, 11) is 1.69. The lowest BCUT2D eigenvalue weighted by molar-refractivity contribution is 0.106. The Balaban J connectivity index is 1.24. The summed E-state index contributed by atoms with van der Waals surface area (Å²) in [5.74, 6) is 1.70. The van der Waals surface area contributed by atoms with Crippen molar-refractivity contribution in [2.75, 3.05) is 26.8 Å². The van der Waals surface area contributed by atoms with Gasteiger partial charge >= 0.3 is 0 Å². The van der Waals surface area contributed by atoms with Crippen molar-refractivity contribution in [1.29, 1.82) is 0 Å². The Morgan fingerprint density at radius 1 is 1.09 bits per heavy atom. The normalized spacial score (nSPS) is 11.8. The van der Waals surface area contributed by atoms with Crippen LogP contribution in [0.15, 0.2) is 67.4 Å². The number of unbranched alkanes of at least 4 members (excludes halogenated alkanes) is 1. The minimum Gasteiger partial charge on any atom is -0.497 e. The Bertz CT molecular complexity index is 1000. The number of hydrogen-bond acceptors (Lipinski definition) is 6. The smallest absolute Gasteiger partial charge is 0.122 e. The third-order valence-electron chi connectivity index (χ3n) is 5.78. The average molecular weight is 479 g/mol. The van der Waals surface area contributed by atoms with Crippen LogP contribution >= 0.6 is 0 Å². The number of hydrogen-bond donors (Lipinski definition) is 2. The van der Waals surface area contributed by atoms with Gasteiger partial charge in [0.05, 0.1) is 12.8 Å². The summed E-state index contributed by atoms with van der Waals surface area (Å²) in [6.07, 6.45) is 9.09. The molecule has 0 amide bonds. The van der Waals surface area contributed by atoms with Crippen LogP contribution in [0.1, 0.15) is 36.1 Å². The molecule has 0 spiro atoms. The summed E-state index contributed by atoms with van der Waals surface area (Å²) in [5, 5.41) is 22.0. The number of rotatable bonds is 17. The first-order valence-electron chi connectivity index (χ1n) is 12.4. The zero-order chi connectivity index (χ0) is 24.7. The Morgan fingerprint density at radius 3 is 2.71 bits per heavy atom. The molecule has 0 aliphatic rings. The van der Waals surface area contributed by atoms with Crippen LogP contribution in [0.5, 0.6) is 11.5 Å². The largest absolute Gasteiger partial charge is 0.497 e. The van der Waals surface area contributed by atoms with Crippen molar-refractivity contribution < 1.29 is 14.6 Å². The standard InChI is InChI=1S/C28H38N4O3/c1-3-9-24-11-4-5-13-28(24)35-22-26(33)20-29-18-8-12-25-21-32(31-30-25)19-7-6-10-23-14-16-27(34-2)17-15-23/h3-5,11,13-17,21,26,29,33H,1,6-10,12,18-20,22H2,2H3/t26-/m0/s1. The molecule has 35 heavy (non-hydrogen) atoms. The van der Waals surface area contributed by atoms with Crippen molar-refractivity contribution >= 4 is 0 Å². The van der Waals surface area contributed by atoms with Crippen LogP contribution in [0.4, 0.5) is 0 Å². The van der Waals surface area contributed by atoms with Gasteiger partial charge in [-0.05, 0) is 74.4 Å². The summed E-state index contributed by atoms with van der Waals surface area (Å²) in [6.45, 7) is 6.21. The predicted octanol–water partition coefficient (Wildman–Crippen LogP) is 4.00. The van der Waals surface area contributed by atoms with Gasteiger partial charge in [-0.25, -0.2) is 0 Å². The SMILES string of the molecule is C=CCc1ccccc1OC[C@@H](O)CNCCCc1cn(CCCCc2ccc(OC)cc2)nn1. The summed E-state index contributed by atoms with van der Waals surface area (Å²) < 4.78 is 12.9. The molecule has 0 aliphatic carbocycles. The van der Waals surface area contributed by atoms with Crippen molar-refractivity contribution in [2.24, 2.45) is 0 Å². The fourth-order valence-corrected chi connectivity index (χ4v) is 3.83. The molecule has 0 bridgehead atoms. The quantitative estimate of drug-likeness (QED) is 0.225. The second-order valence-corrected chi connectivity index (χ2v) is 8.65. The van der Waals surface area contributed by atoms with E-state index in [1.807, 2.05) is 53.4 Å². The third-order valence-corrected chi connectivity index (χ3v) is 5.78. The van der Waals surface area contributed by atoms with Gasteiger partial charge in [-0.15, -0.1) is 11.7 Å². The lowest BCUT2D eigenvalue weighted by atomic mass is 10.1. The number of methoxy groups -OCH3 is 1. The number of nitrogens with zero attached hydrogens (tertiary/aromatic N) is 3. The molecule has 7 nitrogen and oxygen atoms in total. The van der Waals surface area contributed by atoms with Gasteiger partial charge in [-0.1, -0.05) is 41.6 Å². The number of benzene rings is 2. The molecule has 1 aromatic heterocycles. The summed E-state index contributed by atoms with van der Waals surface area (Å²) in [5.41, 5.74) is 3.41. The number of allylic oxidation sites excluding steroid dienone is 1. The van der Waals surface area contributed by atoms with Crippen molar-refractivity contribution in [3.05, 3.63) is 84.2 Å². The number of nitrogens with one attached hydrogen (secondary N) is 1. The molecule has 2 aromatic carbocycles. The fraction of sp³-hybridized carbons (Fsp3) is 0.429. The maximum atomic E-state index is 10.2. The summed E-state index contributed by atoms with van der Waals surface area (Å²) >= 11 is 0. The van der Waals surface area contributed by atoms with Crippen LogP contribution in [-0.2, 0) is 25.8 Å². The van der Waals surface area contributed by atoms with E-state index in [2.05, 4.69) is 34.3 Å². The van der Waals surface area contributed by atoms with Gasteiger partial charge in [0.25, 0.3) is 0 Å². The number of aromatic nitrogens is 3. The Hall–Kier alpha value is -3.16. The number of para-hydroxylation sites is 1. The van der Waals surface area contributed by atoms with E-state index in [-0.39, 0.29) is 6.61 Å². The summed E-state index contributed by atoms with van der Waals surface area (Å²) in [4.78, 5) is 0. The van der Waals surface area contributed by atoms with E-state index in [9.17, 15) is 5.11 Å². The minimum atomic E-state index is -0.564. The maximum Gasteiger partial charge on any atom is 0.122 e. The van der Waals surface area contributed by atoms with Gasteiger partial charge in [-0.2, -0.15) is 0 Å². The molecule has 1 heterocycles. The Labute approximate surface area is 208 Å². The van der Waals surface area contributed by atoms with Crippen LogP contribution in [0.3, 0.4) is 0 Å². The molecule has 188 valence electrons. The second-order valence-electron chi connectivity index (χ2n) is 8.65. The van der Waals surface area contributed by atoms with E-state index in [0.29, 0.717) is 6.54 Å². The highest BCUT2D eigenvalue weighted by molar-refractivity contribution is 5.34. The highest BCUT2D eigenvalue weighted by atomic mass is 16.5. The molecule has 0 aliphatic heterocycles. The molecule has 0 radical (unpaired) electrons. The molecule has 2 N–H and O–H groups in total. The molecule has 7 heteroatoms. The van der Waals surface area contributed by atoms with Crippen molar-refractivity contribution in [1.82, 2.24) is 20.3 Å². The first-order chi connectivity index (χ1) is 17.2. The highest BCUT2D eigenvalue weighted by Gasteiger charge is 2.08. The van der Waals surface area contributed by atoms with Gasteiger partial charge in [0.2, 0.25) is 0 Å². The third kappa shape index (κ3) is 9.54. The molecule has 0 fully saturated rings. The first-order valence-corrected chi connectivity index (χ1v) is 12.4. The summed E-state index contributed by atoms with van der Waals surface area (Å²) in [6, 6.07) is 16.1. The second kappa shape index (κ2) is 15.0. The van der Waals surface area contributed by atoms with Crippen LogP contribution in [-0.4, -0.2) is 53.0 Å². The lowest BCUT2D eigenvalue weighted by Gasteiger charge is -2.15. The maximum absolute atomic E-state index is 10.2. The van der Waals surface area contributed by atoms with Gasteiger partial charge in [0.1, 0.15) is 24.2 Å². The van der Waals surface area contributed by atoms with Crippen LogP contribution < -0.4 is 14.8 Å². The molecule has 0 saturated carbocycles. The topological polar surface area (TPSA) is 81.4 Å². The number of aliphatic hydroxyl groups is 1.